The lowest BCUT2D eigenvalue weighted by atomic mass is 10.1. The van der Waals surface area contributed by atoms with Gasteiger partial charge in [0.25, 0.3) is 0 Å². The molecule has 76 valence electrons. The molecule has 2 aromatic heterocycles. The smallest absolute Gasteiger partial charge is 0.125 e. The van der Waals surface area contributed by atoms with E-state index in [2.05, 4.69) is 15.0 Å². The molecule has 0 radical (unpaired) electrons. The third-order valence-corrected chi connectivity index (χ3v) is 2.11. The number of nitrogens with zero attached hydrogens (tertiary/aromatic N) is 3. The second kappa shape index (κ2) is 4.04. The van der Waals surface area contributed by atoms with Gasteiger partial charge in [-0.1, -0.05) is 6.07 Å². The number of rotatable bonds is 2. The van der Waals surface area contributed by atoms with E-state index in [4.69, 9.17) is 5.73 Å². The monoisotopic (exact) mass is 200 g/mol. The maximum atomic E-state index is 5.79. The molecule has 0 fully saturated rings. The zero-order valence-corrected chi connectivity index (χ0v) is 8.51. The molecule has 0 saturated carbocycles. The van der Waals surface area contributed by atoms with Crippen molar-refractivity contribution in [2.24, 2.45) is 0 Å². The van der Waals surface area contributed by atoms with E-state index in [-0.39, 0.29) is 0 Å². The molecule has 2 N–H and O–H groups in total. The minimum atomic E-state index is 0.629. The fraction of sp³-hybridized carbons (Fsp3) is 0.182. The van der Waals surface area contributed by atoms with Gasteiger partial charge < -0.3 is 5.73 Å². The van der Waals surface area contributed by atoms with Gasteiger partial charge in [-0.25, -0.2) is 9.97 Å². The van der Waals surface area contributed by atoms with Gasteiger partial charge in [0.15, 0.2) is 0 Å². The number of nitrogen functional groups attached to an aromatic ring is 1. The van der Waals surface area contributed by atoms with Crippen molar-refractivity contribution in [3.8, 4) is 0 Å². The van der Waals surface area contributed by atoms with Crippen LogP contribution in [0.4, 0.5) is 5.69 Å². The van der Waals surface area contributed by atoms with Crippen LogP contribution in [0.25, 0.3) is 0 Å². The highest BCUT2D eigenvalue weighted by Gasteiger charge is 2.03. The highest BCUT2D eigenvalue weighted by molar-refractivity contribution is 5.42. The normalized spacial score (nSPS) is 10.2. The van der Waals surface area contributed by atoms with Gasteiger partial charge in [-0.05, 0) is 18.6 Å². The average Bonchev–Trinajstić information content (AvgIpc) is 2.25. The molecule has 0 saturated heterocycles. The molecular weight excluding hydrogens is 188 g/mol. The zero-order valence-electron chi connectivity index (χ0n) is 8.51. The minimum absolute atomic E-state index is 0.629. The second-order valence-corrected chi connectivity index (χ2v) is 3.36. The summed E-state index contributed by atoms with van der Waals surface area (Å²) in [5, 5.41) is 0. The number of pyridine rings is 1. The third kappa shape index (κ3) is 2.28. The van der Waals surface area contributed by atoms with Gasteiger partial charge in [0.05, 0.1) is 17.6 Å². The number of hydrogen-bond acceptors (Lipinski definition) is 4. The highest BCUT2D eigenvalue weighted by atomic mass is 14.9. The van der Waals surface area contributed by atoms with E-state index in [1.165, 1.54) is 0 Å². The molecular formula is C11H12N4. The Morgan fingerprint density at radius 2 is 2.20 bits per heavy atom. The van der Waals surface area contributed by atoms with Gasteiger partial charge >= 0.3 is 0 Å². The Morgan fingerprint density at radius 3 is 2.93 bits per heavy atom. The summed E-state index contributed by atoms with van der Waals surface area (Å²) in [5.41, 5.74) is 8.38. The molecule has 0 aliphatic rings. The third-order valence-electron chi connectivity index (χ3n) is 2.11. The van der Waals surface area contributed by atoms with Gasteiger partial charge in [0.2, 0.25) is 0 Å². The molecule has 0 aromatic carbocycles. The predicted octanol–water partition coefficient (Wildman–Crippen LogP) is 1.35. The Labute approximate surface area is 88.2 Å². The molecule has 0 atom stereocenters. The molecule has 15 heavy (non-hydrogen) atoms. The molecule has 0 aliphatic carbocycles. The van der Waals surface area contributed by atoms with E-state index in [0.29, 0.717) is 12.1 Å². The molecule has 0 bridgehead atoms. The maximum absolute atomic E-state index is 5.79. The standard InChI is InChI=1S/C11H12N4/c1-8-14-7-10(12)11(15-8)5-9-3-2-4-13-6-9/h2-4,6-7H,5,12H2,1H3. The van der Waals surface area contributed by atoms with E-state index in [0.717, 1.165) is 17.1 Å². The van der Waals surface area contributed by atoms with Crippen molar-refractivity contribution >= 4 is 5.69 Å². The van der Waals surface area contributed by atoms with Crippen molar-refractivity contribution in [1.29, 1.82) is 0 Å². The first-order chi connectivity index (χ1) is 7.25. The lowest BCUT2D eigenvalue weighted by Crippen LogP contribution is -2.02. The van der Waals surface area contributed by atoms with Gasteiger partial charge in [-0.15, -0.1) is 0 Å². The molecule has 2 aromatic rings. The lowest BCUT2D eigenvalue weighted by molar-refractivity contribution is 0.969. The summed E-state index contributed by atoms with van der Waals surface area (Å²) in [6.07, 6.45) is 5.91. The van der Waals surface area contributed by atoms with Gasteiger partial charge in [0.1, 0.15) is 5.82 Å². The molecule has 2 rings (SSSR count). The topological polar surface area (TPSA) is 64.7 Å². The van der Waals surface area contributed by atoms with Crippen LogP contribution in [-0.2, 0) is 6.42 Å². The van der Waals surface area contributed by atoms with Crippen molar-refractivity contribution in [3.63, 3.8) is 0 Å². The highest BCUT2D eigenvalue weighted by Crippen LogP contribution is 2.12. The van der Waals surface area contributed by atoms with Crippen LogP contribution in [0.1, 0.15) is 17.1 Å². The molecule has 4 heteroatoms. The maximum Gasteiger partial charge on any atom is 0.125 e. The van der Waals surface area contributed by atoms with Crippen LogP contribution >= 0.6 is 0 Å². The number of aryl methyl sites for hydroxylation is 1. The number of nitrogens with two attached hydrogens (primary N) is 1. The van der Waals surface area contributed by atoms with Crippen molar-refractivity contribution in [2.45, 2.75) is 13.3 Å². The van der Waals surface area contributed by atoms with E-state index < -0.39 is 0 Å². The van der Waals surface area contributed by atoms with E-state index >= 15 is 0 Å². The van der Waals surface area contributed by atoms with Crippen molar-refractivity contribution in [3.05, 3.63) is 47.8 Å². The quantitative estimate of drug-likeness (QED) is 0.794. The van der Waals surface area contributed by atoms with Crippen LogP contribution in [0.2, 0.25) is 0 Å². The summed E-state index contributed by atoms with van der Waals surface area (Å²) in [4.78, 5) is 12.4. The SMILES string of the molecule is Cc1ncc(N)c(Cc2cccnc2)n1. The van der Waals surface area contributed by atoms with E-state index in [9.17, 15) is 0 Å². The Kier molecular flexibility index (Phi) is 2.58. The fourth-order valence-electron chi connectivity index (χ4n) is 1.36. The zero-order chi connectivity index (χ0) is 10.7. The van der Waals surface area contributed by atoms with Crippen molar-refractivity contribution in [1.82, 2.24) is 15.0 Å². The minimum Gasteiger partial charge on any atom is -0.396 e. The van der Waals surface area contributed by atoms with Crippen LogP contribution in [0, 0.1) is 6.92 Å². The summed E-state index contributed by atoms with van der Waals surface area (Å²) in [5.74, 6) is 0.739. The number of hydrogen-bond donors (Lipinski definition) is 1. The first-order valence-electron chi connectivity index (χ1n) is 4.72. The van der Waals surface area contributed by atoms with Crippen molar-refractivity contribution in [2.75, 3.05) is 5.73 Å². The molecule has 4 nitrogen and oxygen atoms in total. The Morgan fingerprint density at radius 1 is 1.33 bits per heavy atom. The van der Waals surface area contributed by atoms with Crippen LogP contribution in [0.3, 0.4) is 0 Å². The van der Waals surface area contributed by atoms with E-state index in [1.54, 1.807) is 12.4 Å². The summed E-state index contributed by atoms with van der Waals surface area (Å²) >= 11 is 0. The number of anilines is 1. The van der Waals surface area contributed by atoms with Gasteiger partial charge in [-0.2, -0.15) is 0 Å². The summed E-state index contributed by atoms with van der Waals surface area (Å²) < 4.78 is 0. The van der Waals surface area contributed by atoms with Crippen LogP contribution in [0.5, 0.6) is 0 Å². The Balaban J connectivity index is 2.28. The summed E-state index contributed by atoms with van der Waals surface area (Å²) in [6.45, 7) is 1.85. The van der Waals surface area contributed by atoms with E-state index in [1.807, 2.05) is 25.3 Å². The molecule has 0 unspecified atom stereocenters. The largest absolute Gasteiger partial charge is 0.396 e. The molecule has 0 amide bonds. The summed E-state index contributed by atoms with van der Waals surface area (Å²) in [6, 6.07) is 3.91. The Bertz CT molecular complexity index is 453. The number of aromatic nitrogens is 3. The van der Waals surface area contributed by atoms with Crippen molar-refractivity contribution < 1.29 is 0 Å². The molecule has 2 heterocycles. The predicted molar refractivity (Wildman–Crippen MR) is 58.2 cm³/mol. The van der Waals surface area contributed by atoms with Crippen LogP contribution < -0.4 is 5.73 Å². The average molecular weight is 200 g/mol. The van der Waals surface area contributed by atoms with Crippen LogP contribution in [0.15, 0.2) is 30.7 Å². The van der Waals surface area contributed by atoms with Crippen LogP contribution in [-0.4, -0.2) is 15.0 Å². The fourth-order valence-corrected chi connectivity index (χ4v) is 1.36. The lowest BCUT2D eigenvalue weighted by Gasteiger charge is -2.04. The first-order valence-corrected chi connectivity index (χ1v) is 4.72. The van der Waals surface area contributed by atoms with Gasteiger partial charge in [-0.3, -0.25) is 4.98 Å². The molecule has 0 aliphatic heterocycles. The second-order valence-electron chi connectivity index (χ2n) is 3.36. The molecule has 0 spiro atoms. The first kappa shape index (κ1) is 9.58. The van der Waals surface area contributed by atoms with Gasteiger partial charge in [0, 0.05) is 18.8 Å². The Hall–Kier alpha value is -1.97. The summed E-state index contributed by atoms with van der Waals surface area (Å²) in [7, 11) is 0.